The number of carbonyl (C=O) groups excluding carboxylic acids is 2. The smallest absolute Gasteiger partial charge is 0.251 e. The van der Waals surface area contributed by atoms with E-state index in [1.54, 1.807) is 23.1 Å². The maximum Gasteiger partial charge on any atom is 0.251 e. The molecule has 0 aliphatic carbocycles. The summed E-state index contributed by atoms with van der Waals surface area (Å²) in [5.41, 5.74) is 0.395. The van der Waals surface area contributed by atoms with Gasteiger partial charge in [0.15, 0.2) is 0 Å². The first-order valence-electron chi connectivity index (χ1n) is 7.84. The van der Waals surface area contributed by atoms with Crippen molar-refractivity contribution in [2.75, 3.05) is 33.9 Å². The fourth-order valence-electron chi connectivity index (χ4n) is 2.21. The van der Waals surface area contributed by atoms with E-state index in [0.717, 1.165) is 12.8 Å². The predicted molar refractivity (Wildman–Crippen MR) is 89.0 cm³/mol. The number of carbonyl (C=O) groups is 2. The Morgan fingerprint density at radius 1 is 1.00 bits per heavy atom. The number of amides is 2. The first kappa shape index (κ1) is 18.8. The third-order valence-electron chi connectivity index (χ3n) is 3.35. The predicted octanol–water partition coefficient (Wildman–Crippen LogP) is 2.08. The van der Waals surface area contributed by atoms with E-state index in [4.69, 9.17) is 9.47 Å². The Balaban J connectivity index is 2.70. The monoisotopic (exact) mass is 322 g/mol. The molecule has 0 unspecified atom stereocenters. The van der Waals surface area contributed by atoms with E-state index in [1.165, 1.54) is 14.2 Å². The van der Waals surface area contributed by atoms with E-state index in [2.05, 4.69) is 5.32 Å². The van der Waals surface area contributed by atoms with Gasteiger partial charge in [0.25, 0.3) is 5.91 Å². The van der Waals surface area contributed by atoms with Crippen LogP contribution in [0.3, 0.4) is 0 Å². The first-order chi connectivity index (χ1) is 11.0. The second-order valence-corrected chi connectivity index (χ2v) is 5.16. The minimum Gasteiger partial charge on any atom is -0.497 e. The summed E-state index contributed by atoms with van der Waals surface area (Å²) in [6, 6.07) is 4.91. The molecular formula is C17H26N2O4. The molecule has 0 aromatic heterocycles. The van der Waals surface area contributed by atoms with Crippen LogP contribution in [0.1, 0.15) is 37.0 Å². The van der Waals surface area contributed by atoms with Crippen LogP contribution in [0.25, 0.3) is 0 Å². The second-order valence-electron chi connectivity index (χ2n) is 5.16. The Morgan fingerprint density at radius 3 is 1.96 bits per heavy atom. The molecular weight excluding hydrogens is 296 g/mol. The van der Waals surface area contributed by atoms with Gasteiger partial charge in [-0.2, -0.15) is 0 Å². The Kier molecular flexibility index (Phi) is 7.94. The molecule has 1 rings (SSSR count). The third kappa shape index (κ3) is 5.81. The number of nitrogens with zero attached hydrogens (tertiary/aromatic N) is 1. The number of hydrogen-bond donors (Lipinski definition) is 1. The van der Waals surface area contributed by atoms with Gasteiger partial charge in [-0.25, -0.2) is 0 Å². The van der Waals surface area contributed by atoms with Crippen molar-refractivity contribution in [2.45, 2.75) is 26.7 Å². The molecule has 2 amide bonds. The number of rotatable bonds is 9. The van der Waals surface area contributed by atoms with E-state index < -0.39 is 0 Å². The molecule has 0 fully saturated rings. The Morgan fingerprint density at radius 2 is 1.52 bits per heavy atom. The molecule has 0 aliphatic heterocycles. The molecule has 0 bridgehead atoms. The largest absolute Gasteiger partial charge is 0.497 e. The normalized spacial score (nSPS) is 10.1. The summed E-state index contributed by atoms with van der Waals surface area (Å²) in [5.74, 6) is 0.652. The van der Waals surface area contributed by atoms with Crippen molar-refractivity contribution in [3.8, 4) is 11.5 Å². The van der Waals surface area contributed by atoms with Gasteiger partial charge in [-0.1, -0.05) is 13.8 Å². The highest BCUT2D eigenvalue weighted by atomic mass is 16.5. The van der Waals surface area contributed by atoms with Gasteiger partial charge in [0.1, 0.15) is 11.5 Å². The van der Waals surface area contributed by atoms with E-state index in [9.17, 15) is 9.59 Å². The number of nitrogens with one attached hydrogen (secondary N) is 1. The van der Waals surface area contributed by atoms with Gasteiger partial charge in [0.05, 0.1) is 20.8 Å². The fourth-order valence-corrected chi connectivity index (χ4v) is 2.21. The quantitative estimate of drug-likeness (QED) is 0.756. The lowest BCUT2D eigenvalue weighted by Crippen LogP contribution is -2.41. The highest BCUT2D eigenvalue weighted by molar-refractivity contribution is 5.97. The van der Waals surface area contributed by atoms with Gasteiger partial charge >= 0.3 is 0 Å². The first-order valence-corrected chi connectivity index (χ1v) is 7.84. The lowest BCUT2D eigenvalue weighted by molar-refractivity contribution is -0.130. The molecule has 1 aromatic rings. The maximum absolute atomic E-state index is 12.2. The summed E-state index contributed by atoms with van der Waals surface area (Å²) in [6.07, 6.45) is 1.79. The maximum atomic E-state index is 12.2. The molecule has 0 spiro atoms. The summed E-state index contributed by atoms with van der Waals surface area (Å²) in [7, 11) is 3.04. The standard InChI is InChI=1S/C17H26N2O4/c1-5-7-19(8-6-2)16(20)12-18-17(21)13-9-14(22-3)11-15(10-13)23-4/h9-11H,5-8,12H2,1-4H3,(H,18,21). The fraction of sp³-hybridized carbons (Fsp3) is 0.529. The van der Waals surface area contributed by atoms with Crippen molar-refractivity contribution in [3.63, 3.8) is 0 Å². The summed E-state index contributed by atoms with van der Waals surface area (Å²) >= 11 is 0. The third-order valence-corrected chi connectivity index (χ3v) is 3.35. The summed E-state index contributed by atoms with van der Waals surface area (Å²) in [5, 5.41) is 2.66. The van der Waals surface area contributed by atoms with Crippen LogP contribution in [0.15, 0.2) is 18.2 Å². The molecule has 6 heteroatoms. The van der Waals surface area contributed by atoms with Crippen LogP contribution >= 0.6 is 0 Å². The highest BCUT2D eigenvalue weighted by Gasteiger charge is 2.15. The van der Waals surface area contributed by atoms with Gasteiger partial charge in [-0.3, -0.25) is 9.59 Å². The summed E-state index contributed by atoms with van der Waals surface area (Å²) in [4.78, 5) is 26.2. The van der Waals surface area contributed by atoms with Crippen LogP contribution in [-0.2, 0) is 4.79 Å². The highest BCUT2D eigenvalue weighted by Crippen LogP contribution is 2.22. The van der Waals surface area contributed by atoms with Crippen LogP contribution in [-0.4, -0.2) is 50.6 Å². The zero-order valence-corrected chi connectivity index (χ0v) is 14.3. The summed E-state index contributed by atoms with van der Waals surface area (Å²) < 4.78 is 10.3. The topological polar surface area (TPSA) is 67.9 Å². The average Bonchev–Trinajstić information content (AvgIpc) is 2.58. The molecule has 1 aromatic carbocycles. The number of hydrogen-bond acceptors (Lipinski definition) is 4. The Labute approximate surface area is 137 Å². The molecule has 23 heavy (non-hydrogen) atoms. The van der Waals surface area contributed by atoms with Crippen LogP contribution < -0.4 is 14.8 Å². The molecule has 6 nitrogen and oxygen atoms in total. The average molecular weight is 322 g/mol. The van der Waals surface area contributed by atoms with Gasteiger partial charge in [0, 0.05) is 24.7 Å². The van der Waals surface area contributed by atoms with Gasteiger partial charge in [-0.15, -0.1) is 0 Å². The molecule has 0 radical (unpaired) electrons. The van der Waals surface area contributed by atoms with Crippen LogP contribution in [0.5, 0.6) is 11.5 Å². The lowest BCUT2D eigenvalue weighted by Gasteiger charge is -2.21. The van der Waals surface area contributed by atoms with Crippen molar-refractivity contribution in [1.82, 2.24) is 10.2 Å². The van der Waals surface area contributed by atoms with Crippen LogP contribution in [0.4, 0.5) is 0 Å². The van der Waals surface area contributed by atoms with Crippen LogP contribution in [0, 0.1) is 0 Å². The summed E-state index contributed by atoms with van der Waals surface area (Å²) in [6.45, 7) is 5.44. The molecule has 0 aliphatic rings. The SMILES string of the molecule is CCCN(CCC)C(=O)CNC(=O)c1cc(OC)cc(OC)c1. The minimum absolute atomic E-state index is 0.0155. The lowest BCUT2D eigenvalue weighted by atomic mass is 10.2. The zero-order chi connectivity index (χ0) is 17.2. The van der Waals surface area contributed by atoms with Gasteiger partial charge in [0.2, 0.25) is 5.91 Å². The van der Waals surface area contributed by atoms with Crippen molar-refractivity contribution < 1.29 is 19.1 Å². The van der Waals surface area contributed by atoms with E-state index in [0.29, 0.717) is 30.2 Å². The molecule has 128 valence electrons. The minimum atomic E-state index is -0.330. The van der Waals surface area contributed by atoms with Crippen LogP contribution in [0.2, 0.25) is 0 Å². The van der Waals surface area contributed by atoms with Crippen molar-refractivity contribution in [3.05, 3.63) is 23.8 Å². The van der Waals surface area contributed by atoms with Crippen molar-refractivity contribution >= 4 is 11.8 Å². The molecule has 0 saturated heterocycles. The van der Waals surface area contributed by atoms with E-state index in [1.807, 2.05) is 13.8 Å². The second kappa shape index (κ2) is 9.71. The van der Waals surface area contributed by atoms with E-state index >= 15 is 0 Å². The molecule has 0 saturated carbocycles. The Bertz CT molecular complexity index is 503. The van der Waals surface area contributed by atoms with Crippen molar-refractivity contribution in [2.24, 2.45) is 0 Å². The van der Waals surface area contributed by atoms with Gasteiger partial charge < -0.3 is 19.7 Å². The molecule has 0 heterocycles. The number of methoxy groups -OCH3 is 2. The van der Waals surface area contributed by atoms with Crippen molar-refractivity contribution in [1.29, 1.82) is 0 Å². The zero-order valence-electron chi connectivity index (χ0n) is 14.3. The number of ether oxygens (including phenoxy) is 2. The van der Waals surface area contributed by atoms with Gasteiger partial charge in [-0.05, 0) is 25.0 Å². The number of benzene rings is 1. The Hall–Kier alpha value is -2.24. The molecule has 1 N–H and O–H groups in total. The van der Waals surface area contributed by atoms with E-state index in [-0.39, 0.29) is 18.4 Å². The molecule has 0 atom stereocenters.